The first-order valence-electron chi connectivity index (χ1n) is 3.03. The third-order valence-electron chi connectivity index (χ3n) is 0.634. The van der Waals surface area contributed by atoms with Crippen LogP contribution in [-0.4, -0.2) is 37.4 Å². The lowest BCUT2D eigenvalue weighted by Gasteiger charge is -2.03. The molecular weight excluding hydrogens is 231 g/mol. The third-order valence-corrected chi connectivity index (χ3v) is 1.44. The highest BCUT2D eigenvalue weighted by Gasteiger charge is 2.28. The molecule has 0 bridgehead atoms. The van der Waals surface area contributed by atoms with E-state index in [1.807, 2.05) is 0 Å². The molecule has 10 heteroatoms. The highest BCUT2D eigenvalue weighted by molar-refractivity contribution is 7.85. The van der Waals surface area contributed by atoms with Gasteiger partial charge < -0.3 is 15.6 Å². The monoisotopic (exact) mass is 239 g/mol. The summed E-state index contributed by atoms with van der Waals surface area (Å²) in [4.78, 5) is 8.78. The van der Waals surface area contributed by atoms with E-state index in [-0.39, 0.29) is 12.3 Å². The molecule has 0 amide bonds. The smallest absolute Gasteiger partial charge is 0.430 e. The molecular formula is C4H8F3NO5S. The lowest BCUT2D eigenvalue weighted by Crippen LogP contribution is -2.53. The van der Waals surface area contributed by atoms with Gasteiger partial charge >= 0.3 is 6.18 Å². The van der Waals surface area contributed by atoms with Gasteiger partial charge in [-0.2, -0.15) is 21.6 Å². The van der Waals surface area contributed by atoms with E-state index in [0.717, 1.165) is 0 Å². The standard InChI is InChI=1S/C2HF3O2.C2H7NO3S/c3-2(4,5)1(6)7;3-1-2-7(4,5)6/h(H,6,7);1-3H2,(H,4,5,6). The summed E-state index contributed by atoms with van der Waals surface area (Å²) in [5.41, 5.74) is 3.23. The summed E-state index contributed by atoms with van der Waals surface area (Å²) in [7, 11) is -3.74. The van der Waals surface area contributed by atoms with Crippen molar-refractivity contribution in [3.05, 3.63) is 0 Å². The Morgan fingerprint density at radius 3 is 1.71 bits per heavy atom. The summed E-state index contributed by atoms with van der Waals surface area (Å²) in [5.74, 6) is -3.25. The fourth-order valence-electron chi connectivity index (χ4n) is 0.182. The van der Waals surface area contributed by atoms with Crippen molar-refractivity contribution < 1.29 is 41.8 Å². The molecule has 86 valence electrons. The Hall–Kier alpha value is -0.870. The quantitative estimate of drug-likeness (QED) is 0.512. The lowest BCUT2D eigenvalue weighted by atomic mass is 10.7. The van der Waals surface area contributed by atoms with Crippen LogP contribution in [0, 0.1) is 0 Å². The van der Waals surface area contributed by atoms with Crippen molar-refractivity contribution in [3.8, 4) is 0 Å². The Balaban J connectivity index is 0. The minimum Gasteiger partial charge on any atom is -0.542 e. The summed E-state index contributed by atoms with van der Waals surface area (Å²) in [6.45, 7) is 0.221. The number of aliphatic carboxylic acids is 1. The maximum atomic E-state index is 10.5. The predicted octanol–water partition coefficient (Wildman–Crippen LogP) is -2.59. The molecule has 0 aromatic rings. The first kappa shape index (κ1) is 15.6. The molecule has 14 heavy (non-hydrogen) atoms. The fraction of sp³-hybridized carbons (Fsp3) is 0.750. The van der Waals surface area contributed by atoms with Crippen LogP contribution in [0.2, 0.25) is 0 Å². The second-order valence-electron chi connectivity index (χ2n) is 1.92. The van der Waals surface area contributed by atoms with Gasteiger partial charge in [-0.15, -0.1) is 0 Å². The van der Waals surface area contributed by atoms with Gasteiger partial charge in [0.2, 0.25) is 0 Å². The second-order valence-corrected chi connectivity index (χ2v) is 3.50. The van der Waals surface area contributed by atoms with Crippen LogP contribution in [0.4, 0.5) is 13.2 Å². The van der Waals surface area contributed by atoms with Crippen LogP contribution in [0.5, 0.6) is 0 Å². The van der Waals surface area contributed by atoms with Crippen LogP contribution in [0.25, 0.3) is 0 Å². The summed E-state index contributed by atoms with van der Waals surface area (Å²) >= 11 is 0. The molecule has 0 aromatic heterocycles. The zero-order valence-electron chi connectivity index (χ0n) is 6.74. The average molecular weight is 239 g/mol. The molecule has 6 nitrogen and oxygen atoms in total. The van der Waals surface area contributed by atoms with Crippen molar-refractivity contribution in [1.82, 2.24) is 0 Å². The number of carboxylic acid groups (broad SMARTS) is 1. The highest BCUT2D eigenvalue weighted by atomic mass is 32.2. The van der Waals surface area contributed by atoms with Gasteiger partial charge in [0.15, 0.2) is 0 Å². The van der Waals surface area contributed by atoms with Crippen molar-refractivity contribution in [2.24, 2.45) is 0 Å². The molecule has 0 fully saturated rings. The normalized spacial score (nSPS) is 11.5. The van der Waals surface area contributed by atoms with Gasteiger partial charge in [0, 0.05) is 0 Å². The molecule has 0 aliphatic carbocycles. The molecule has 0 radical (unpaired) electrons. The van der Waals surface area contributed by atoms with Crippen LogP contribution in [0.15, 0.2) is 0 Å². The van der Waals surface area contributed by atoms with Crippen LogP contribution < -0.4 is 10.8 Å². The maximum absolute atomic E-state index is 10.5. The van der Waals surface area contributed by atoms with E-state index < -0.39 is 22.3 Å². The number of rotatable bonds is 2. The van der Waals surface area contributed by atoms with E-state index in [0.29, 0.717) is 0 Å². The number of carboxylic acids is 1. The Bertz CT molecular complexity index is 271. The predicted molar refractivity (Wildman–Crippen MR) is 35.2 cm³/mol. The molecule has 0 atom stereocenters. The maximum Gasteiger partial charge on any atom is 0.430 e. The number of quaternary nitrogens is 1. The molecule has 0 unspecified atom stereocenters. The molecule has 0 aliphatic heterocycles. The van der Waals surface area contributed by atoms with E-state index in [2.05, 4.69) is 5.73 Å². The lowest BCUT2D eigenvalue weighted by molar-refractivity contribution is -0.360. The van der Waals surface area contributed by atoms with Gasteiger partial charge in [-0.3, -0.25) is 4.55 Å². The molecule has 0 aliphatic rings. The average Bonchev–Trinajstić information content (AvgIpc) is 1.82. The van der Waals surface area contributed by atoms with Crippen LogP contribution in [-0.2, 0) is 14.9 Å². The van der Waals surface area contributed by atoms with Gasteiger partial charge in [0.05, 0.1) is 6.54 Å². The van der Waals surface area contributed by atoms with Crippen molar-refractivity contribution in [1.29, 1.82) is 0 Å². The Morgan fingerprint density at radius 1 is 1.43 bits per heavy atom. The summed E-state index contributed by atoms with van der Waals surface area (Å²) in [6, 6.07) is 0. The molecule has 0 heterocycles. The minimum absolute atomic E-state index is 0.221. The van der Waals surface area contributed by atoms with E-state index >= 15 is 0 Å². The van der Waals surface area contributed by atoms with Crippen molar-refractivity contribution in [2.45, 2.75) is 6.18 Å². The molecule has 0 saturated carbocycles. The summed E-state index contributed by atoms with van der Waals surface area (Å²) < 4.78 is 59.0. The molecule has 4 N–H and O–H groups in total. The Labute approximate surface area is 77.3 Å². The van der Waals surface area contributed by atoms with Crippen molar-refractivity contribution in [3.63, 3.8) is 0 Å². The molecule has 0 aromatic carbocycles. The molecule has 0 rings (SSSR count). The van der Waals surface area contributed by atoms with Gasteiger partial charge in [-0.25, -0.2) is 0 Å². The third kappa shape index (κ3) is 13.7. The Morgan fingerprint density at radius 2 is 1.71 bits per heavy atom. The van der Waals surface area contributed by atoms with Gasteiger partial charge in [0.1, 0.15) is 11.7 Å². The highest BCUT2D eigenvalue weighted by Crippen LogP contribution is 2.11. The van der Waals surface area contributed by atoms with Gasteiger partial charge in [-0.1, -0.05) is 0 Å². The van der Waals surface area contributed by atoms with Crippen molar-refractivity contribution in [2.75, 3.05) is 12.3 Å². The SMILES string of the molecule is O=C([O-])C(F)(F)F.[NH3+]CCS(=O)(=O)O. The summed E-state index contributed by atoms with van der Waals surface area (Å²) in [5, 5.41) is 8.78. The number of hydrogen-bond acceptors (Lipinski definition) is 4. The second kappa shape index (κ2) is 5.78. The largest absolute Gasteiger partial charge is 0.542 e. The van der Waals surface area contributed by atoms with Crippen molar-refractivity contribution >= 4 is 16.1 Å². The first-order valence-corrected chi connectivity index (χ1v) is 4.64. The fourth-order valence-corrected chi connectivity index (χ4v) is 0.547. The number of alkyl halides is 3. The zero-order chi connectivity index (χ0) is 12.0. The number of carbonyl (C=O) groups excluding carboxylic acids is 1. The van der Waals surface area contributed by atoms with Crippen LogP contribution in [0.3, 0.4) is 0 Å². The van der Waals surface area contributed by atoms with Gasteiger partial charge in [0.25, 0.3) is 10.1 Å². The van der Waals surface area contributed by atoms with E-state index in [1.165, 1.54) is 0 Å². The number of carbonyl (C=O) groups is 1. The van der Waals surface area contributed by atoms with E-state index in [4.69, 9.17) is 14.5 Å². The topological polar surface area (TPSA) is 122 Å². The molecule has 0 saturated heterocycles. The first-order chi connectivity index (χ1) is 6.00. The number of halogens is 3. The number of hydrogen-bond donors (Lipinski definition) is 2. The minimum atomic E-state index is -5.19. The zero-order valence-corrected chi connectivity index (χ0v) is 7.56. The van der Waals surface area contributed by atoms with Gasteiger partial charge in [-0.05, 0) is 0 Å². The van der Waals surface area contributed by atoms with Crippen LogP contribution >= 0.6 is 0 Å². The van der Waals surface area contributed by atoms with E-state index in [9.17, 15) is 21.6 Å². The summed E-state index contributed by atoms with van der Waals surface area (Å²) in [6.07, 6.45) is -5.19. The van der Waals surface area contributed by atoms with E-state index in [1.54, 1.807) is 0 Å². The Kier molecular flexibility index (Phi) is 6.43. The molecule has 0 spiro atoms. The van der Waals surface area contributed by atoms with Crippen LogP contribution in [0.1, 0.15) is 0 Å².